The number of ether oxygens (including phenoxy) is 1. The molecule has 7 rings (SSSR count). The van der Waals surface area contributed by atoms with Gasteiger partial charge in [-0.1, -0.05) is 59.6 Å². The number of aromatic nitrogens is 4. The Bertz CT molecular complexity index is 1890. The van der Waals surface area contributed by atoms with E-state index in [2.05, 4.69) is 15.5 Å². The molecule has 2 saturated carbocycles. The molecule has 0 bridgehead atoms. The molecule has 4 aromatic rings. The molecule has 47 heavy (non-hydrogen) atoms. The van der Waals surface area contributed by atoms with Gasteiger partial charge in [0.2, 0.25) is 10.0 Å². The maximum absolute atomic E-state index is 15.4. The van der Waals surface area contributed by atoms with Gasteiger partial charge in [0.05, 0.1) is 29.6 Å². The van der Waals surface area contributed by atoms with Gasteiger partial charge in [-0.3, -0.25) is 9.10 Å². The van der Waals surface area contributed by atoms with Crippen molar-refractivity contribution in [3.05, 3.63) is 106 Å². The molecule has 246 valence electrons. The number of para-hydroxylation sites is 1. The molecule has 1 aliphatic heterocycles. The molecular weight excluding hydrogens is 666 g/mol. The van der Waals surface area contributed by atoms with Gasteiger partial charge < -0.3 is 9.64 Å². The van der Waals surface area contributed by atoms with Crippen LogP contribution in [0.2, 0.25) is 10.0 Å². The summed E-state index contributed by atoms with van der Waals surface area (Å²) in [7, 11) is -2.23. The number of carbonyl (C=O) groups is 1. The second-order valence-corrected chi connectivity index (χ2v) is 15.4. The third kappa shape index (κ3) is 6.48. The molecular formula is C33H33Cl2FN6O4S. The molecule has 1 unspecified atom stereocenters. The smallest absolute Gasteiger partial charge is 0.253 e. The van der Waals surface area contributed by atoms with Crippen LogP contribution in [0.1, 0.15) is 54.8 Å². The zero-order chi connectivity index (χ0) is 32.9. The first-order chi connectivity index (χ1) is 22.6. The van der Waals surface area contributed by atoms with E-state index >= 15 is 4.39 Å². The van der Waals surface area contributed by atoms with Crippen molar-refractivity contribution in [1.82, 2.24) is 25.1 Å². The number of nitrogens with zero attached hydrogens (tertiary/aromatic N) is 6. The van der Waals surface area contributed by atoms with Gasteiger partial charge in [0.15, 0.2) is 5.82 Å². The van der Waals surface area contributed by atoms with Crippen LogP contribution in [-0.2, 0) is 33.0 Å². The van der Waals surface area contributed by atoms with E-state index in [1.165, 1.54) is 27.2 Å². The van der Waals surface area contributed by atoms with E-state index in [9.17, 15) is 13.2 Å². The Hall–Kier alpha value is -3.58. The highest BCUT2D eigenvalue weighted by Crippen LogP contribution is 2.49. The first-order valence-electron chi connectivity index (χ1n) is 15.6. The highest BCUT2D eigenvalue weighted by molar-refractivity contribution is 7.93. The van der Waals surface area contributed by atoms with E-state index in [0.29, 0.717) is 28.7 Å². The zero-order valence-corrected chi connectivity index (χ0v) is 27.8. The van der Waals surface area contributed by atoms with Crippen molar-refractivity contribution < 1.29 is 22.3 Å². The first-order valence-corrected chi connectivity index (χ1v) is 17.8. The van der Waals surface area contributed by atoms with E-state index in [4.69, 9.17) is 27.9 Å². The molecule has 3 fully saturated rings. The van der Waals surface area contributed by atoms with Crippen LogP contribution >= 0.6 is 23.2 Å². The van der Waals surface area contributed by atoms with Gasteiger partial charge in [-0.25, -0.2) is 17.5 Å². The Balaban J connectivity index is 1.38. The van der Waals surface area contributed by atoms with Gasteiger partial charge >= 0.3 is 0 Å². The normalized spacial score (nSPS) is 22.3. The van der Waals surface area contributed by atoms with Crippen LogP contribution in [0.5, 0.6) is 0 Å². The maximum atomic E-state index is 15.4. The van der Waals surface area contributed by atoms with Gasteiger partial charge in [0, 0.05) is 23.5 Å². The van der Waals surface area contributed by atoms with Crippen LogP contribution in [-0.4, -0.2) is 63.4 Å². The van der Waals surface area contributed by atoms with Crippen molar-refractivity contribution in [2.24, 2.45) is 13.0 Å². The molecule has 1 saturated heterocycles. The highest BCUT2D eigenvalue weighted by atomic mass is 35.5. The van der Waals surface area contributed by atoms with Crippen molar-refractivity contribution in [2.45, 2.75) is 61.6 Å². The lowest BCUT2D eigenvalue weighted by atomic mass is 9.89. The van der Waals surface area contributed by atoms with Crippen LogP contribution in [0.25, 0.3) is 0 Å². The van der Waals surface area contributed by atoms with Gasteiger partial charge in [0.25, 0.3) is 5.91 Å². The fourth-order valence-corrected chi connectivity index (χ4v) is 8.64. The number of rotatable bonds is 11. The largest absolute Gasteiger partial charge is 0.357 e. The summed E-state index contributed by atoms with van der Waals surface area (Å²) in [5, 5.41) is 12.2. The zero-order valence-electron chi connectivity index (χ0n) is 25.5. The maximum Gasteiger partial charge on any atom is 0.253 e. The number of benzene rings is 3. The summed E-state index contributed by atoms with van der Waals surface area (Å²) < 4.78 is 52.8. The predicted molar refractivity (Wildman–Crippen MR) is 175 cm³/mol. The van der Waals surface area contributed by atoms with Gasteiger partial charge in [0.1, 0.15) is 18.0 Å². The van der Waals surface area contributed by atoms with Gasteiger partial charge in [-0.2, -0.15) is 0 Å². The summed E-state index contributed by atoms with van der Waals surface area (Å²) in [6.45, 7) is -0.110. The molecule has 2 heterocycles. The van der Waals surface area contributed by atoms with E-state index in [-0.39, 0.29) is 30.5 Å². The lowest BCUT2D eigenvalue weighted by Gasteiger charge is -2.49. The number of morpholine rings is 1. The number of sulfonamides is 1. The van der Waals surface area contributed by atoms with Crippen molar-refractivity contribution in [1.29, 1.82) is 0 Å². The minimum absolute atomic E-state index is 0.0207. The Morgan fingerprint density at radius 2 is 1.72 bits per heavy atom. The number of carbonyl (C=O) groups excluding carboxylic acids is 1. The second kappa shape index (κ2) is 12.8. The van der Waals surface area contributed by atoms with Crippen LogP contribution in [0, 0.1) is 11.7 Å². The average molecular weight is 700 g/mol. The minimum atomic E-state index is -3.92. The third-order valence-electron chi connectivity index (χ3n) is 9.14. The number of hydrogen-bond acceptors (Lipinski definition) is 7. The van der Waals surface area contributed by atoms with E-state index in [1.807, 2.05) is 24.3 Å². The Labute approximate surface area is 282 Å². The van der Waals surface area contributed by atoms with Gasteiger partial charge in [-0.05, 0) is 89.6 Å². The number of aryl methyl sites for hydroxylation is 1. The minimum Gasteiger partial charge on any atom is -0.357 e. The molecule has 3 aliphatic rings. The first kappa shape index (κ1) is 32.0. The molecule has 4 atom stereocenters. The van der Waals surface area contributed by atoms with E-state index in [0.717, 1.165) is 24.0 Å². The number of anilines is 1. The SMILES string of the molecule is Cn1nnnc1C[C@H]1O[C@H](c2cccc(Cl)c2)[C@@H](c2ccc(Cl)cc2)N(C(CN(c2ccccc2F)S(=O)(=O)C2CC2)C2CC2)C1=O. The Kier molecular flexibility index (Phi) is 8.71. The molecule has 1 aromatic heterocycles. The highest BCUT2D eigenvalue weighted by Gasteiger charge is 2.52. The standard InChI is InChI=1S/C33H33Cl2FN6O4S/c1-40-30(37-38-39-40)18-29-33(43)42(31(21-11-13-23(34)14-12-21)32(46-29)22-5-4-6-24(35)17-22)28(20-9-10-20)19-41(47(44,45)25-15-16-25)27-8-3-2-7-26(27)36/h2-8,11-14,17,20,25,28-29,31-32H,9-10,15-16,18-19H2,1H3/t28?,29-,31-,32-/m1/s1. The Morgan fingerprint density at radius 1 is 0.979 bits per heavy atom. The summed E-state index contributed by atoms with van der Waals surface area (Å²) in [6, 6.07) is 19.1. The topological polar surface area (TPSA) is 111 Å². The molecule has 0 spiro atoms. The lowest BCUT2D eigenvalue weighted by molar-refractivity contribution is -0.180. The van der Waals surface area contributed by atoms with Crippen molar-refractivity contribution >= 4 is 44.8 Å². The van der Waals surface area contributed by atoms with E-state index < -0.39 is 45.4 Å². The summed E-state index contributed by atoms with van der Waals surface area (Å²) in [5.74, 6) is -0.545. The molecule has 3 aromatic carbocycles. The lowest BCUT2D eigenvalue weighted by Crippen LogP contribution is -2.59. The summed E-state index contributed by atoms with van der Waals surface area (Å²) in [5.41, 5.74) is 1.46. The third-order valence-corrected chi connectivity index (χ3v) is 11.9. The summed E-state index contributed by atoms with van der Waals surface area (Å²) >= 11 is 12.8. The molecule has 14 heteroatoms. The number of tetrazole rings is 1. The Morgan fingerprint density at radius 3 is 2.36 bits per heavy atom. The van der Waals surface area contributed by atoms with Crippen molar-refractivity contribution in [3.8, 4) is 0 Å². The van der Waals surface area contributed by atoms with E-state index in [1.54, 1.807) is 42.3 Å². The van der Waals surface area contributed by atoms with Gasteiger partial charge in [-0.15, -0.1) is 5.10 Å². The molecule has 0 radical (unpaired) electrons. The van der Waals surface area contributed by atoms with Crippen LogP contribution < -0.4 is 4.31 Å². The number of hydrogen-bond donors (Lipinski definition) is 0. The van der Waals surface area contributed by atoms with Crippen LogP contribution in [0.3, 0.4) is 0 Å². The molecule has 0 N–H and O–H groups in total. The summed E-state index contributed by atoms with van der Waals surface area (Å²) in [4.78, 5) is 16.6. The fraction of sp³-hybridized carbons (Fsp3) is 0.394. The van der Waals surface area contributed by atoms with Crippen LogP contribution in [0.15, 0.2) is 72.8 Å². The molecule has 2 aliphatic carbocycles. The number of amides is 1. The van der Waals surface area contributed by atoms with Crippen LogP contribution in [0.4, 0.5) is 10.1 Å². The second-order valence-electron chi connectivity index (χ2n) is 12.4. The van der Waals surface area contributed by atoms with Crippen molar-refractivity contribution in [2.75, 3.05) is 10.8 Å². The monoisotopic (exact) mass is 698 g/mol. The quantitative estimate of drug-likeness (QED) is 0.198. The van der Waals surface area contributed by atoms with Crippen molar-refractivity contribution in [3.63, 3.8) is 0 Å². The fourth-order valence-electron chi connectivity index (χ4n) is 6.44. The average Bonchev–Trinajstić information content (AvgIpc) is 3.98. The number of halogens is 3. The predicted octanol–water partition coefficient (Wildman–Crippen LogP) is 5.69. The molecule has 10 nitrogen and oxygen atoms in total. The molecule has 1 amide bonds. The summed E-state index contributed by atoms with van der Waals surface area (Å²) in [6.07, 6.45) is 0.968.